The highest BCUT2D eigenvalue weighted by Gasteiger charge is 2.11. The van der Waals surface area contributed by atoms with Crippen molar-refractivity contribution in [2.75, 3.05) is 12.4 Å². The minimum absolute atomic E-state index is 0.131. The minimum atomic E-state index is -0.536. The molecule has 0 bridgehead atoms. The fourth-order valence-corrected chi connectivity index (χ4v) is 2.53. The standard InChI is InChI=1S/C21H18N2O5/c1-27-20-7-2-4-15(12-20)14-28-19-10-8-17(9-11-19)22-21(24)16-5-3-6-18(13-16)23(25)26/h2-13H,14H2,1H3,(H,22,24). The van der Waals surface area contributed by atoms with E-state index in [2.05, 4.69) is 5.32 Å². The van der Waals surface area contributed by atoms with Crippen molar-refractivity contribution in [3.05, 3.63) is 94.0 Å². The lowest BCUT2D eigenvalue weighted by Crippen LogP contribution is -2.12. The van der Waals surface area contributed by atoms with Crippen molar-refractivity contribution < 1.29 is 19.2 Å². The zero-order valence-corrected chi connectivity index (χ0v) is 15.1. The largest absolute Gasteiger partial charge is 0.497 e. The maximum absolute atomic E-state index is 12.3. The Bertz CT molecular complexity index is 986. The first kappa shape index (κ1) is 18.9. The number of hydrogen-bond donors (Lipinski definition) is 1. The van der Waals surface area contributed by atoms with Crippen LogP contribution in [0.5, 0.6) is 11.5 Å². The first-order chi connectivity index (χ1) is 13.5. The molecule has 0 aliphatic carbocycles. The third kappa shape index (κ3) is 4.85. The van der Waals surface area contributed by atoms with Crippen LogP contribution in [0.4, 0.5) is 11.4 Å². The molecule has 3 rings (SSSR count). The molecule has 0 radical (unpaired) electrons. The molecule has 0 atom stereocenters. The van der Waals surface area contributed by atoms with Gasteiger partial charge in [0, 0.05) is 23.4 Å². The summed E-state index contributed by atoms with van der Waals surface area (Å²) < 4.78 is 10.9. The molecule has 3 aromatic rings. The zero-order valence-electron chi connectivity index (χ0n) is 15.1. The van der Waals surface area contributed by atoms with Gasteiger partial charge in [-0.25, -0.2) is 0 Å². The van der Waals surface area contributed by atoms with Gasteiger partial charge in [0.25, 0.3) is 11.6 Å². The van der Waals surface area contributed by atoms with E-state index >= 15 is 0 Å². The lowest BCUT2D eigenvalue weighted by atomic mass is 10.2. The molecule has 0 aliphatic rings. The molecular formula is C21H18N2O5. The third-order valence-corrected chi connectivity index (χ3v) is 3.97. The summed E-state index contributed by atoms with van der Waals surface area (Å²) in [5.41, 5.74) is 1.62. The predicted octanol–water partition coefficient (Wildman–Crippen LogP) is 4.43. The second kappa shape index (κ2) is 8.68. The molecule has 0 unspecified atom stereocenters. The van der Waals surface area contributed by atoms with Gasteiger partial charge >= 0.3 is 0 Å². The smallest absolute Gasteiger partial charge is 0.270 e. The quantitative estimate of drug-likeness (QED) is 0.485. The van der Waals surface area contributed by atoms with Crippen LogP contribution in [-0.2, 0) is 6.61 Å². The van der Waals surface area contributed by atoms with Gasteiger partial charge in [0.1, 0.15) is 18.1 Å². The summed E-state index contributed by atoms with van der Waals surface area (Å²) in [5, 5.41) is 13.5. The van der Waals surface area contributed by atoms with Crippen LogP contribution in [0.25, 0.3) is 0 Å². The number of ether oxygens (including phenoxy) is 2. The molecule has 0 aliphatic heterocycles. The number of benzene rings is 3. The van der Waals surface area contributed by atoms with Crippen molar-refractivity contribution in [3.8, 4) is 11.5 Å². The first-order valence-corrected chi connectivity index (χ1v) is 8.47. The van der Waals surface area contributed by atoms with E-state index in [-0.39, 0.29) is 11.3 Å². The molecule has 0 saturated heterocycles. The van der Waals surface area contributed by atoms with Gasteiger partial charge in [-0.05, 0) is 48.0 Å². The van der Waals surface area contributed by atoms with Gasteiger partial charge in [-0.2, -0.15) is 0 Å². The Morgan fingerprint density at radius 2 is 1.75 bits per heavy atom. The summed E-state index contributed by atoms with van der Waals surface area (Å²) >= 11 is 0. The average molecular weight is 378 g/mol. The number of hydrogen-bond acceptors (Lipinski definition) is 5. The van der Waals surface area contributed by atoms with Gasteiger partial charge in [0.05, 0.1) is 12.0 Å². The zero-order chi connectivity index (χ0) is 19.9. The van der Waals surface area contributed by atoms with Crippen LogP contribution in [0.1, 0.15) is 15.9 Å². The molecule has 0 aromatic heterocycles. The number of nitrogens with zero attached hydrogens (tertiary/aromatic N) is 1. The Balaban J connectivity index is 1.60. The number of amides is 1. The fraction of sp³-hybridized carbons (Fsp3) is 0.0952. The van der Waals surface area contributed by atoms with E-state index in [4.69, 9.17) is 9.47 Å². The lowest BCUT2D eigenvalue weighted by molar-refractivity contribution is -0.384. The predicted molar refractivity (Wildman–Crippen MR) is 105 cm³/mol. The number of nitrogens with one attached hydrogen (secondary N) is 1. The number of anilines is 1. The Hall–Kier alpha value is -3.87. The van der Waals surface area contributed by atoms with Crippen LogP contribution in [-0.4, -0.2) is 17.9 Å². The summed E-state index contributed by atoms with van der Waals surface area (Å²) in [7, 11) is 1.61. The van der Waals surface area contributed by atoms with Gasteiger partial charge in [-0.3, -0.25) is 14.9 Å². The van der Waals surface area contributed by atoms with E-state index in [0.29, 0.717) is 18.0 Å². The highest BCUT2D eigenvalue weighted by Crippen LogP contribution is 2.20. The number of nitro groups is 1. The number of rotatable bonds is 7. The molecule has 7 nitrogen and oxygen atoms in total. The van der Waals surface area contributed by atoms with Crippen LogP contribution in [0.2, 0.25) is 0 Å². The van der Waals surface area contributed by atoms with Crippen LogP contribution in [0, 0.1) is 10.1 Å². The van der Waals surface area contributed by atoms with Crippen molar-refractivity contribution in [2.45, 2.75) is 6.61 Å². The molecule has 0 heterocycles. The number of carbonyl (C=O) groups is 1. The van der Waals surface area contributed by atoms with Crippen LogP contribution in [0.15, 0.2) is 72.8 Å². The Labute approximate surface area is 161 Å². The maximum Gasteiger partial charge on any atom is 0.270 e. The summed E-state index contributed by atoms with van der Waals surface area (Å²) in [6.45, 7) is 0.386. The number of carbonyl (C=O) groups excluding carboxylic acids is 1. The third-order valence-electron chi connectivity index (χ3n) is 3.97. The molecule has 0 saturated carbocycles. The summed E-state index contributed by atoms with van der Waals surface area (Å²) in [6, 6.07) is 20.1. The van der Waals surface area contributed by atoms with Crippen LogP contribution in [0.3, 0.4) is 0 Å². The normalized spacial score (nSPS) is 10.2. The van der Waals surface area contributed by atoms with Crippen molar-refractivity contribution in [1.29, 1.82) is 0 Å². The molecule has 1 amide bonds. The molecule has 0 fully saturated rings. The summed E-state index contributed by atoms with van der Waals surface area (Å²) in [5.74, 6) is 0.991. The molecular weight excluding hydrogens is 360 g/mol. The Morgan fingerprint density at radius 1 is 1.00 bits per heavy atom. The molecule has 0 spiro atoms. The van der Waals surface area contributed by atoms with E-state index in [1.165, 1.54) is 24.3 Å². The minimum Gasteiger partial charge on any atom is -0.497 e. The topological polar surface area (TPSA) is 90.7 Å². The van der Waals surface area contributed by atoms with Crippen molar-refractivity contribution in [2.24, 2.45) is 0 Å². The van der Waals surface area contributed by atoms with Crippen molar-refractivity contribution in [3.63, 3.8) is 0 Å². The molecule has 28 heavy (non-hydrogen) atoms. The SMILES string of the molecule is COc1cccc(COc2ccc(NC(=O)c3cccc([N+](=O)[O-])c3)cc2)c1. The van der Waals surface area contributed by atoms with Gasteiger partial charge in [-0.1, -0.05) is 18.2 Å². The van der Waals surface area contributed by atoms with E-state index in [0.717, 1.165) is 11.3 Å². The maximum atomic E-state index is 12.3. The van der Waals surface area contributed by atoms with Crippen LogP contribution >= 0.6 is 0 Å². The highest BCUT2D eigenvalue weighted by atomic mass is 16.6. The van der Waals surface area contributed by atoms with Gasteiger partial charge in [0.15, 0.2) is 0 Å². The Morgan fingerprint density at radius 3 is 2.46 bits per heavy atom. The van der Waals surface area contributed by atoms with Crippen molar-refractivity contribution in [1.82, 2.24) is 0 Å². The summed E-state index contributed by atoms with van der Waals surface area (Å²) in [4.78, 5) is 22.6. The van der Waals surface area contributed by atoms with E-state index in [9.17, 15) is 14.9 Å². The number of methoxy groups -OCH3 is 1. The molecule has 7 heteroatoms. The van der Waals surface area contributed by atoms with E-state index in [1.54, 1.807) is 31.4 Å². The highest BCUT2D eigenvalue weighted by molar-refractivity contribution is 6.04. The van der Waals surface area contributed by atoms with Crippen LogP contribution < -0.4 is 14.8 Å². The second-order valence-corrected chi connectivity index (χ2v) is 5.93. The molecule has 3 aromatic carbocycles. The summed E-state index contributed by atoms with van der Waals surface area (Å²) in [6.07, 6.45) is 0. The second-order valence-electron chi connectivity index (χ2n) is 5.93. The monoisotopic (exact) mass is 378 g/mol. The molecule has 1 N–H and O–H groups in total. The van der Waals surface area contributed by atoms with E-state index < -0.39 is 10.8 Å². The first-order valence-electron chi connectivity index (χ1n) is 8.47. The lowest BCUT2D eigenvalue weighted by Gasteiger charge is -2.09. The van der Waals surface area contributed by atoms with Crippen molar-refractivity contribution >= 4 is 17.3 Å². The fourth-order valence-electron chi connectivity index (χ4n) is 2.53. The number of non-ortho nitro benzene ring substituents is 1. The van der Waals surface area contributed by atoms with Gasteiger partial charge < -0.3 is 14.8 Å². The van der Waals surface area contributed by atoms with E-state index in [1.807, 2.05) is 24.3 Å². The van der Waals surface area contributed by atoms with Gasteiger partial charge in [-0.15, -0.1) is 0 Å². The Kier molecular flexibility index (Phi) is 5.86. The molecule has 142 valence electrons. The average Bonchev–Trinajstić information content (AvgIpc) is 2.73. The van der Waals surface area contributed by atoms with Gasteiger partial charge in [0.2, 0.25) is 0 Å². The number of nitro benzene ring substituents is 1.